The Morgan fingerprint density at radius 1 is 1.17 bits per heavy atom. The van der Waals surface area contributed by atoms with Crippen molar-refractivity contribution in [2.24, 2.45) is 0 Å². The van der Waals surface area contributed by atoms with E-state index in [1.165, 1.54) is 12.1 Å². The molecule has 1 fully saturated rings. The number of imide groups is 2. The highest BCUT2D eigenvalue weighted by Gasteiger charge is 2.37. The third kappa shape index (κ3) is 4.52. The number of ether oxygens (including phenoxy) is 1. The van der Waals surface area contributed by atoms with Crippen molar-refractivity contribution < 1.29 is 19.1 Å². The second-order valence-corrected chi connectivity index (χ2v) is 7.72. The molecule has 0 aromatic heterocycles. The third-order valence-corrected chi connectivity index (χ3v) is 5.10. The summed E-state index contributed by atoms with van der Waals surface area (Å²) in [5.74, 6) is -0.801. The number of aryl methyl sites for hydroxylation is 1. The number of hydrogen-bond donors (Lipinski definition) is 1. The van der Waals surface area contributed by atoms with Gasteiger partial charge in [-0.25, -0.2) is 9.69 Å². The van der Waals surface area contributed by atoms with Crippen molar-refractivity contribution in [2.75, 3.05) is 11.5 Å². The van der Waals surface area contributed by atoms with E-state index in [-0.39, 0.29) is 5.57 Å². The molecule has 1 N–H and O–H groups in total. The monoisotopic (exact) mass is 476 g/mol. The first kappa shape index (κ1) is 21.1. The molecule has 0 radical (unpaired) electrons. The summed E-state index contributed by atoms with van der Waals surface area (Å²) in [5, 5.41) is 2.58. The maximum atomic E-state index is 13.0. The van der Waals surface area contributed by atoms with Gasteiger partial charge in [-0.1, -0.05) is 30.7 Å². The molecule has 0 unspecified atom stereocenters. The van der Waals surface area contributed by atoms with Crippen LogP contribution >= 0.6 is 27.5 Å². The fourth-order valence-electron chi connectivity index (χ4n) is 2.80. The Bertz CT molecular complexity index is 1040. The van der Waals surface area contributed by atoms with Crippen molar-refractivity contribution in [3.63, 3.8) is 0 Å². The summed E-state index contributed by atoms with van der Waals surface area (Å²) in [4.78, 5) is 38.6. The number of benzene rings is 2. The summed E-state index contributed by atoms with van der Waals surface area (Å²) in [6, 6.07) is 9.28. The van der Waals surface area contributed by atoms with E-state index < -0.39 is 17.8 Å². The molecule has 1 aliphatic rings. The van der Waals surface area contributed by atoms with Gasteiger partial charge in [0.2, 0.25) is 0 Å². The Balaban J connectivity index is 1.97. The number of hydrogen-bond acceptors (Lipinski definition) is 4. The minimum Gasteiger partial charge on any atom is -0.492 e. The van der Waals surface area contributed by atoms with Crippen molar-refractivity contribution in [2.45, 2.75) is 20.3 Å². The van der Waals surface area contributed by atoms with Gasteiger partial charge in [-0.05, 0) is 70.7 Å². The topological polar surface area (TPSA) is 75.7 Å². The van der Waals surface area contributed by atoms with E-state index in [2.05, 4.69) is 21.2 Å². The van der Waals surface area contributed by atoms with Crippen molar-refractivity contribution >= 4 is 57.1 Å². The Morgan fingerprint density at radius 3 is 2.62 bits per heavy atom. The molecular weight excluding hydrogens is 460 g/mol. The van der Waals surface area contributed by atoms with Crippen LogP contribution in [-0.2, 0) is 9.59 Å². The Morgan fingerprint density at radius 2 is 1.93 bits per heavy atom. The number of halogens is 2. The van der Waals surface area contributed by atoms with Crippen LogP contribution in [0.2, 0.25) is 5.02 Å². The number of urea groups is 1. The minimum absolute atomic E-state index is 0.155. The molecule has 0 spiro atoms. The number of amides is 4. The smallest absolute Gasteiger partial charge is 0.335 e. The summed E-state index contributed by atoms with van der Waals surface area (Å²) in [6.45, 7) is 4.34. The highest BCUT2D eigenvalue weighted by molar-refractivity contribution is 9.10. The lowest BCUT2D eigenvalue weighted by atomic mass is 10.1. The first-order chi connectivity index (χ1) is 13.8. The summed E-state index contributed by atoms with van der Waals surface area (Å²) >= 11 is 9.46. The Hall–Kier alpha value is -2.64. The van der Waals surface area contributed by atoms with Crippen LogP contribution in [0.3, 0.4) is 0 Å². The fraction of sp³-hybridized carbons (Fsp3) is 0.190. The minimum atomic E-state index is -0.813. The van der Waals surface area contributed by atoms with Crippen molar-refractivity contribution in [3.05, 3.63) is 62.6 Å². The average Bonchev–Trinajstić information content (AvgIpc) is 2.67. The molecule has 2 aromatic carbocycles. The van der Waals surface area contributed by atoms with Crippen LogP contribution in [-0.4, -0.2) is 24.5 Å². The molecule has 8 heteroatoms. The van der Waals surface area contributed by atoms with E-state index in [9.17, 15) is 14.4 Å². The van der Waals surface area contributed by atoms with Gasteiger partial charge in [0.25, 0.3) is 11.8 Å². The lowest BCUT2D eigenvalue weighted by Crippen LogP contribution is -2.54. The van der Waals surface area contributed by atoms with E-state index in [1.54, 1.807) is 37.3 Å². The SMILES string of the molecule is CCCOc1ccc(/C=C2\C(=O)NC(=O)N(c3cc(Cl)ccc3C)C2=O)cc1Br. The van der Waals surface area contributed by atoms with Crippen molar-refractivity contribution in [3.8, 4) is 5.75 Å². The fourth-order valence-corrected chi connectivity index (χ4v) is 3.48. The molecule has 2 aromatic rings. The van der Waals surface area contributed by atoms with E-state index in [1.807, 2.05) is 6.92 Å². The Labute approximate surface area is 181 Å². The van der Waals surface area contributed by atoms with Gasteiger partial charge >= 0.3 is 6.03 Å². The van der Waals surface area contributed by atoms with Crippen LogP contribution in [0, 0.1) is 6.92 Å². The van der Waals surface area contributed by atoms with Crippen molar-refractivity contribution in [1.29, 1.82) is 0 Å². The molecule has 0 atom stereocenters. The van der Waals surface area contributed by atoms with Gasteiger partial charge in [0.1, 0.15) is 11.3 Å². The van der Waals surface area contributed by atoms with Crippen LogP contribution in [0.5, 0.6) is 5.75 Å². The Kier molecular flexibility index (Phi) is 6.39. The quantitative estimate of drug-likeness (QED) is 0.493. The summed E-state index contributed by atoms with van der Waals surface area (Å²) in [5.41, 5.74) is 1.45. The van der Waals surface area contributed by atoms with Gasteiger partial charge in [0.15, 0.2) is 0 Å². The predicted octanol–water partition coefficient (Wildman–Crippen LogP) is 4.87. The number of carbonyl (C=O) groups is 3. The van der Waals surface area contributed by atoms with E-state index in [4.69, 9.17) is 16.3 Å². The standard InChI is InChI=1S/C21H18BrClN2O4/c1-3-8-29-18-7-5-13(10-16(18)22)9-15-19(26)24-21(28)25(20(15)27)17-11-14(23)6-4-12(17)2/h4-7,9-11H,3,8H2,1-2H3,(H,24,26,28)/b15-9+. The van der Waals surface area contributed by atoms with Gasteiger partial charge in [0.05, 0.1) is 16.8 Å². The molecule has 0 saturated carbocycles. The van der Waals surface area contributed by atoms with Crippen LogP contribution in [0.15, 0.2) is 46.4 Å². The molecule has 0 bridgehead atoms. The van der Waals surface area contributed by atoms with E-state index >= 15 is 0 Å². The lowest BCUT2D eigenvalue weighted by molar-refractivity contribution is -0.122. The van der Waals surface area contributed by atoms with E-state index in [0.717, 1.165) is 11.3 Å². The molecule has 1 saturated heterocycles. The molecule has 4 amide bonds. The zero-order valence-electron chi connectivity index (χ0n) is 15.8. The van der Waals surface area contributed by atoms with Crippen molar-refractivity contribution in [1.82, 2.24) is 5.32 Å². The lowest BCUT2D eigenvalue weighted by Gasteiger charge is -2.27. The zero-order valence-corrected chi connectivity index (χ0v) is 18.1. The van der Waals surface area contributed by atoms with Crippen LogP contribution < -0.4 is 15.0 Å². The van der Waals surface area contributed by atoms with Crippen LogP contribution in [0.4, 0.5) is 10.5 Å². The maximum absolute atomic E-state index is 13.0. The third-order valence-electron chi connectivity index (χ3n) is 4.24. The summed E-state index contributed by atoms with van der Waals surface area (Å²) in [6.07, 6.45) is 2.31. The van der Waals surface area contributed by atoms with Crippen LogP contribution in [0.25, 0.3) is 6.08 Å². The molecule has 3 rings (SSSR count). The summed E-state index contributed by atoms with van der Waals surface area (Å²) in [7, 11) is 0. The van der Waals surface area contributed by atoms with Gasteiger partial charge in [0, 0.05) is 5.02 Å². The second-order valence-electron chi connectivity index (χ2n) is 6.43. The number of rotatable bonds is 5. The van der Waals surface area contributed by atoms with Gasteiger partial charge < -0.3 is 4.74 Å². The molecule has 6 nitrogen and oxygen atoms in total. The first-order valence-corrected chi connectivity index (χ1v) is 10.1. The normalized spacial score (nSPS) is 15.7. The zero-order chi connectivity index (χ0) is 21.1. The molecule has 150 valence electrons. The predicted molar refractivity (Wildman–Crippen MR) is 115 cm³/mol. The average molecular weight is 478 g/mol. The highest BCUT2D eigenvalue weighted by atomic mass is 79.9. The largest absolute Gasteiger partial charge is 0.492 e. The number of carbonyl (C=O) groups excluding carboxylic acids is 3. The highest BCUT2D eigenvalue weighted by Crippen LogP contribution is 2.30. The van der Waals surface area contributed by atoms with Crippen LogP contribution in [0.1, 0.15) is 24.5 Å². The molecule has 29 heavy (non-hydrogen) atoms. The number of nitrogens with one attached hydrogen (secondary N) is 1. The summed E-state index contributed by atoms with van der Waals surface area (Å²) < 4.78 is 6.30. The first-order valence-electron chi connectivity index (χ1n) is 8.91. The van der Waals surface area contributed by atoms with Gasteiger partial charge in [-0.2, -0.15) is 0 Å². The molecule has 0 aliphatic carbocycles. The molecule has 1 aliphatic heterocycles. The number of barbiturate groups is 1. The van der Waals surface area contributed by atoms with Gasteiger partial charge in [-0.15, -0.1) is 0 Å². The molecule has 1 heterocycles. The number of anilines is 1. The number of nitrogens with zero attached hydrogens (tertiary/aromatic N) is 1. The maximum Gasteiger partial charge on any atom is 0.335 e. The molecular formula is C21H18BrClN2O4. The van der Waals surface area contributed by atoms with Gasteiger partial charge in [-0.3, -0.25) is 14.9 Å². The second kappa shape index (κ2) is 8.80. The van der Waals surface area contributed by atoms with E-state index in [0.29, 0.717) is 38.7 Å².